The molecule has 0 saturated carbocycles. The van der Waals surface area contributed by atoms with Gasteiger partial charge in [-0.15, -0.1) is 0 Å². The number of nitrogens with zero attached hydrogens (tertiary/aromatic N) is 1. The molecule has 78 valence electrons. The Hall–Kier alpha value is -1.32. The van der Waals surface area contributed by atoms with Crippen LogP contribution < -0.4 is 0 Å². The van der Waals surface area contributed by atoms with E-state index in [0.717, 1.165) is 5.56 Å². The van der Waals surface area contributed by atoms with Gasteiger partial charge >= 0.3 is 0 Å². The summed E-state index contributed by atoms with van der Waals surface area (Å²) in [5.74, 6) is 1.20. The summed E-state index contributed by atoms with van der Waals surface area (Å²) in [6.07, 6.45) is 2.10. The fourth-order valence-electron chi connectivity index (χ4n) is 1.29. The van der Waals surface area contributed by atoms with Crippen LogP contribution in [0.5, 0.6) is 0 Å². The number of aliphatic hydroxyl groups excluding tert-OH is 1. The van der Waals surface area contributed by atoms with Gasteiger partial charge in [-0.05, 0) is 18.2 Å². The number of aromatic nitrogens is 1. The molecule has 1 heterocycles. The minimum Gasteiger partial charge on any atom is -0.441 e. The average Bonchev–Trinajstić information content (AvgIpc) is 2.67. The second-order valence-electron chi connectivity index (χ2n) is 3.12. The van der Waals surface area contributed by atoms with Gasteiger partial charge in [0.25, 0.3) is 0 Å². The van der Waals surface area contributed by atoms with E-state index in [1.165, 1.54) is 0 Å². The van der Waals surface area contributed by atoms with Gasteiger partial charge in [-0.2, -0.15) is 0 Å². The van der Waals surface area contributed by atoms with E-state index in [2.05, 4.69) is 4.98 Å². The fraction of sp³-hybridized carbons (Fsp3) is 0.182. The van der Waals surface area contributed by atoms with E-state index in [4.69, 9.17) is 21.1 Å². The highest BCUT2D eigenvalue weighted by Gasteiger charge is 2.06. The SMILES string of the molecule is OCCc1cnc(-c2cccc(Cl)c2)o1. The molecular formula is C11H10ClNO2. The molecule has 0 atom stereocenters. The third kappa shape index (κ3) is 2.37. The lowest BCUT2D eigenvalue weighted by atomic mass is 10.2. The van der Waals surface area contributed by atoms with Gasteiger partial charge in [0.1, 0.15) is 5.76 Å². The molecule has 0 unspecified atom stereocenters. The Morgan fingerprint density at radius 3 is 3.00 bits per heavy atom. The van der Waals surface area contributed by atoms with Crippen LogP contribution in [0.4, 0.5) is 0 Å². The molecule has 2 aromatic rings. The molecule has 1 N–H and O–H groups in total. The molecule has 15 heavy (non-hydrogen) atoms. The molecule has 0 radical (unpaired) electrons. The molecular weight excluding hydrogens is 214 g/mol. The summed E-state index contributed by atoms with van der Waals surface area (Å²) in [6.45, 7) is 0.0597. The van der Waals surface area contributed by atoms with E-state index >= 15 is 0 Å². The van der Waals surface area contributed by atoms with Gasteiger partial charge in [-0.25, -0.2) is 4.98 Å². The van der Waals surface area contributed by atoms with Crippen LogP contribution in [0, 0.1) is 0 Å². The van der Waals surface area contributed by atoms with Gasteiger partial charge in [0, 0.05) is 17.0 Å². The zero-order valence-corrected chi connectivity index (χ0v) is 8.74. The Labute approximate surface area is 92.3 Å². The third-order valence-corrected chi connectivity index (χ3v) is 2.22. The van der Waals surface area contributed by atoms with Crippen LogP contribution in [0.25, 0.3) is 11.5 Å². The molecule has 0 aliphatic rings. The molecule has 0 spiro atoms. The molecule has 1 aromatic carbocycles. The van der Waals surface area contributed by atoms with Gasteiger partial charge in [0.2, 0.25) is 5.89 Å². The van der Waals surface area contributed by atoms with Crippen molar-refractivity contribution in [2.75, 3.05) is 6.61 Å². The highest BCUT2D eigenvalue weighted by atomic mass is 35.5. The van der Waals surface area contributed by atoms with Crippen LogP contribution in [0.2, 0.25) is 5.02 Å². The molecule has 2 rings (SSSR count). The van der Waals surface area contributed by atoms with E-state index in [1.54, 1.807) is 18.3 Å². The molecule has 0 aliphatic heterocycles. The normalized spacial score (nSPS) is 10.5. The molecule has 1 aromatic heterocycles. The topological polar surface area (TPSA) is 46.3 Å². The van der Waals surface area contributed by atoms with Gasteiger partial charge in [-0.1, -0.05) is 17.7 Å². The standard InChI is InChI=1S/C11H10ClNO2/c12-9-3-1-2-8(6-9)11-13-7-10(15-11)4-5-14/h1-3,6-7,14H,4-5H2. The number of hydrogen-bond donors (Lipinski definition) is 1. The smallest absolute Gasteiger partial charge is 0.226 e. The summed E-state index contributed by atoms with van der Waals surface area (Å²) < 4.78 is 5.44. The van der Waals surface area contributed by atoms with Crippen LogP contribution in [0.3, 0.4) is 0 Å². The number of aliphatic hydroxyl groups is 1. The van der Waals surface area contributed by atoms with Crippen LogP contribution in [0.1, 0.15) is 5.76 Å². The maximum atomic E-state index is 8.73. The van der Waals surface area contributed by atoms with Crippen molar-refractivity contribution in [3.63, 3.8) is 0 Å². The van der Waals surface area contributed by atoms with Gasteiger partial charge in [-0.3, -0.25) is 0 Å². The lowest BCUT2D eigenvalue weighted by Gasteiger charge is -1.95. The zero-order chi connectivity index (χ0) is 10.7. The van der Waals surface area contributed by atoms with Gasteiger partial charge in [0.15, 0.2) is 0 Å². The molecule has 4 heteroatoms. The lowest BCUT2D eigenvalue weighted by Crippen LogP contribution is -1.86. The Kier molecular flexibility index (Phi) is 3.04. The molecule has 0 saturated heterocycles. The van der Waals surface area contributed by atoms with Crippen molar-refractivity contribution in [3.8, 4) is 11.5 Å². The van der Waals surface area contributed by atoms with Crippen molar-refractivity contribution in [1.29, 1.82) is 0 Å². The van der Waals surface area contributed by atoms with E-state index < -0.39 is 0 Å². The summed E-state index contributed by atoms with van der Waals surface area (Å²) in [6, 6.07) is 7.30. The first-order chi connectivity index (χ1) is 7.29. The molecule has 0 amide bonds. The van der Waals surface area contributed by atoms with E-state index in [-0.39, 0.29) is 6.61 Å². The summed E-state index contributed by atoms with van der Waals surface area (Å²) >= 11 is 5.85. The number of benzene rings is 1. The Balaban J connectivity index is 2.29. The Morgan fingerprint density at radius 1 is 1.40 bits per heavy atom. The van der Waals surface area contributed by atoms with E-state index in [1.807, 2.05) is 12.1 Å². The van der Waals surface area contributed by atoms with Crippen molar-refractivity contribution in [2.45, 2.75) is 6.42 Å². The monoisotopic (exact) mass is 223 g/mol. The van der Waals surface area contributed by atoms with Crippen molar-refractivity contribution in [1.82, 2.24) is 4.98 Å². The van der Waals surface area contributed by atoms with Crippen LogP contribution in [-0.2, 0) is 6.42 Å². The van der Waals surface area contributed by atoms with Gasteiger partial charge < -0.3 is 9.52 Å². The number of rotatable bonds is 3. The molecule has 0 bridgehead atoms. The van der Waals surface area contributed by atoms with E-state index in [9.17, 15) is 0 Å². The molecule has 0 aliphatic carbocycles. The predicted molar refractivity (Wildman–Crippen MR) is 57.7 cm³/mol. The number of hydrogen-bond acceptors (Lipinski definition) is 3. The van der Waals surface area contributed by atoms with E-state index in [0.29, 0.717) is 23.1 Å². The third-order valence-electron chi connectivity index (χ3n) is 1.98. The summed E-state index contributed by atoms with van der Waals surface area (Å²) in [5, 5.41) is 9.38. The van der Waals surface area contributed by atoms with Crippen molar-refractivity contribution < 1.29 is 9.52 Å². The minimum absolute atomic E-state index is 0.0597. The number of oxazole rings is 1. The maximum absolute atomic E-state index is 8.73. The average molecular weight is 224 g/mol. The number of halogens is 1. The Bertz CT molecular complexity index is 453. The second kappa shape index (κ2) is 4.47. The minimum atomic E-state index is 0.0597. The zero-order valence-electron chi connectivity index (χ0n) is 7.98. The highest BCUT2D eigenvalue weighted by Crippen LogP contribution is 2.22. The summed E-state index contributed by atoms with van der Waals surface area (Å²) in [7, 11) is 0. The lowest BCUT2D eigenvalue weighted by molar-refractivity contribution is 0.288. The molecule has 0 fully saturated rings. The summed E-state index contributed by atoms with van der Waals surface area (Å²) in [5.41, 5.74) is 0.840. The second-order valence-corrected chi connectivity index (χ2v) is 3.55. The fourth-order valence-corrected chi connectivity index (χ4v) is 1.48. The largest absolute Gasteiger partial charge is 0.441 e. The van der Waals surface area contributed by atoms with Crippen LogP contribution in [-0.4, -0.2) is 16.7 Å². The quantitative estimate of drug-likeness (QED) is 0.870. The molecule has 3 nitrogen and oxygen atoms in total. The van der Waals surface area contributed by atoms with Gasteiger partial charge in [0.05, 0.1) is 12.8 Å². The first kappa shape index (κ1) is 10.2. The Morgan fingerprint density at radius 2 is 2.27 bits per heavy atom. The van der Waals surface area contributed by atoms with Crippen molar-refractivity contribution in [2.24, 2.45) is 0 Å². The van der Waals surface area contributed by atoms with Crippen LogP contribution in [0.15, 0.2) is 34.9 Å². The first-order valence-corrected chi connectivity index (χ1v) is 4.99. The predicted octanol–water partition coefficient (Wildman–Crippen LogP) is 2.53. The van der Waals surface area contributed by atoms with Crippen molar-refractivity contribution in [3.05, 3.63) is 41.2 Å². The highest BCUT2D eigenvalue weighted by molar-refractivity contribution is 6.30. The van der Waals surface area contributed by atoms with Crippen molar-refractivity contribution >= 4 is 11.6 Å². The maximum Gasteiger partial charge on any atom is 0.226 e. The summed E-state index contributed by atoms with van der Waals surface area (Å²) in [4.78, 5) is 4.11. The van der Waals surface area contributed by atoms with Crippen LogP contribution >= 0.6 is 11.6 Å². The first-order valence-electron chi connectivity index (χ1n) is 4.61.